The van der Waals surface area contributed by atoms with Gasteiger partial charge in [0, 0.05) is 0 Å². The molecule has 2 nitrogen and oxygen atoms in total. The van der Waals surface area contributed by atoms with Gasteiger partial charge in [-0.25, -0.2) is 0 Å². The van der Waals surface area contributed by atoms with Crippen LogP contribution in [0.5, 0.6) is 0 Å². The number of hydrogen-bond acceptors (Lipinski definition) is 2. The monoisotopic (exact) mass is 252 g/mol. The summed E-state index contributed by atoms with van der Waals surface area (Å²) in [6.45, 7) is 3.14. The summed E-state index contributed by atoms with van der Waals surface area (Å²) in [7, 11) is 0. The van der Waals surface area contributed by atoms with Crippen LogP contribution >= 0.6 is 0 Å². The summed E-state index contributed by atoms with van der Waals surface area (Å²) < 4.78 is 82.0. The largest absolute Gasteiger partial charge is 0.468 e. The third kappa shape index (κ3) is 2.81. The number of hydrogen-bond donors (Lipinski definition) is 0. The molecule has 1 atom stereocenters. The zero-order valence-electron chi connectivity index (χ0n) is 8.28. The summed E-state index contributed by atoms with van der Waals surface area (Å²) in [4.78, 5) is 0. The molecule has 0 aromatic carbocycles. The molecule has 0 rings (SSSR count). The number of halogens is 6. The molecule has 96 valence electrons. The highest BCUT2D eigenvalue weighted by atomic mass is 19.4. The van der Waals surface area contributed by atoms with Gasteiger partial charge >= 0.3 is 18.1 Å². The van der Waals surface area contributed by atoms with Gasteiger partial charge < -0.3 is 9.47 Å². The van der Waals surface area contributed by atoms with Crippen molar-refractivity contribution in [2.45, 2.75) is 31.5 Å². The Morgan fingerprint density at radius 1 is 1.12 bits per heavy atom. The second-order valence-corrected chi connectivity index (χ2v) is 2.74. The zero-order chi connectivity index (χ0) is 13.0. The van der Waals surface area contributed by atoms with Crippen molar-refractivity contribution in [3.8, 4) is 0 Å². The molecule has 8 heteroatoms. The van der Waals surface area contributed by atoms with Crippen LogP contribution in [-0.2, 0) is 9.47 Å². The molecule has 0 saturated carbocycles. The predicted molar refractivity (Wildman–Crippen MR) is 42.4 cm³/mol. The van der Waals surface area contributed by atoms with Crippen LogP contribution in [0.4, 0.5) is 26.3 Å². The molecule has 0 spiro atoms. The SMILES string of the molecule is C=COC(F)(F)C(F)(OCCC)C(F)(F)F. The Labute approximate surface area is 87.8 Å². The van der Waals surface area contributed by atoms with Gasteiger partial charge in [-0.05, 0) is 6.42 Å². The Kier molecular flexibility index (Phi) is 4.66. The van der Waals surface area contributed by atoms with E-state index in [4.69, 9.17) is 0 Å². The van der Waals surface area contributed by atoms with Gasteiger partial charge in [-0.1, -0.05) is 13.5 Å². The normalized spacial score (nSPS) is 16.7. The van der Waals surface area contributed by atoms with E-state index in [1.807, 2.05) is 0 Å². The van der Waals surface area contributed by atoms with Crippen LogP contribution < -0.4 is 0 Å². The van der Waals surface area contributed by atoms with Crippen LogP contribution in [0.1, 0.15) is 13.3 Å². The van der Waals surface area contributed by atoms with Gasteiger partial charge in [0.15, 0.2) is 0 Å². The summed E-state index contributed by atoms with van der Waals surface area (Å²) in [6.07, 6.45) is -11.2. The van der Waals surface area contributed by atoms with Crippen molar-refractivity contribution in [3.63, 3.8) is 0 Å². The van der Waals surface area contributed by atoms with Crippen LogP contribution in [-0.4, -0.2) is 24.7 Å². The molecule has 0 amide bonds. The van der Waals surface area contributed by atoms with Crippen LogP contribution in [0.15, 0.2) is 12.8 Å². The Hall–Kier alpha value is -0.920. The lowest BCUT2D eigenvalue weighted by molar-refractivity contribution is -0.449. The highest BCUT2D eigenvalue weighted by Gasteiger charge is 2.75. The minimum atomic E-state index is -5.92. The lowest BCUT2D eigenvalue weighted by Crippen LogP contribution is -2.58. The maximum absolute atomic E-state index is 13.2. The molecule has 0 bridgehead atoms. The molecule has 0 aliphatic rings. The highest BCUT2D eigenvalue weighted by Crippen LogP contribution is 2.46. The third-order valence-corrected chi connectivity index (χ3v) is 1.48. The minimum Gasteiger partial charge on any atom is -0.437 e. The predicted octanol–water partition coefficient (Wildman–Crippen LogP) is 3.39. The summed E-state index contributed by atoms with van der Waals surface area (Å²) in [6, 6.07) is 0. The lowest BCUT2D eigenvalue weighted by atomic mass is 10.2. The standard InChI is InChI=1S/C8H10F6O2/c1-3-5-16-6(9,7(10,11)12)8(13,14)15-4-2/h4H,2-3,5H2,1H3. The zero-order valence-corrected chi connectivity index (χ0v) is 8.28. The van der Waals surface area contributed by atoms with Crippen LogP contribution in [0.25, 0.3) is 0 Å². The van der Waals surface area contributed by atoms with Crippen LogP contribution in [0, 0.1) is 0 Å². The fourth-order valence-electron chi connectivity index (χ4n) is 0.754. The Bertz CT molecular complexity index is 239. The van der Waals surface area contributed by atoms with E-state index in [9.17, 15) is 26.3 Å². The Balaban J connectivity index is 5.13. The van der Waals surface area contributed by atoms with Gasteiger partial charge in [0.05, 0.1) is 12.9 Å². The summed E-state index contributed by atoms with van der Waals surface area (Å²) in [5.74, 6) is -5.19. The first-order chi connectivity index (χ1) is 7.12. The van der Waals surface area contributed by atoms with Gasteiger partial charge in [0.1, 0.15) is 0 Å². The third-order valence-electron chi connectivity index (χ3n) is 1.48. The van der Waals surface area contributed by atoms with Crippen molar-refractivity contribution in [2.75, 3.05) is 6.61 Å². The lowest BCUT2D eigenvalue weighted by Gasteiger charge is -2.32. The molecular weight excluding hydrogens is 242 g/mol. The van der Waals surface area contributed by atoms with Crippen LogP contribution in [0.2, 0.25) is 0 Å². The first kappa shape index (κ1) is 15.1. The topological polar surface area (TPSA) is 18.5 Å². The van der Waals surface area contributed by atoms with Crippen molar-refractivity contribution in [1.29, 1.82) is 0 Å². The first-order valence-electron chi connectivity index (χ1n) is 4.18. The molecular formula is C8H10F6O2. The fraction of sp³-hybridized carbons (Fsp3) is 0.750. The maximum atomic E-state index is 13.2. The number of alkyl halides is 6. The average molecular weight is 252 g/mol. The highest BCUT2D eigenvalue weighted by molar-refractivity contribution is 4.87. The molecule has 0 aliphatic carbocycles. The van der Waals surface area contributed by atoms with Gasteiger partial charge in [0.25, 0.3) is 0 Å². The maximum Gasteiger partial charge on any atom is 0.468 e. The molecule has 0 aliphatic heterocycles. The van der Waals surface area contributed by atoms with E-state index in [0.29, 0.717) is 0 Å². The van der Waals surface area contributed by atoms with E-state index < -0.39 is 24.7 Å². The number of ether oxygens (including phenoxy) is 2. The number of rotatable bonds is 6. The molecule has 0 saturated heterocycles. The van der Waals surface area contributed by atoms with E-state index >= 15 is 0 Å². The van der Waals surface area contributed by atoms with E-state index in [-0.39, 0.29) is 12.7 Å². The van der Waals surface area contributed by atoms with Crippen LogP contribution in [0.3, 0.4) is 0 Å². The van der Waals surface area contributed by atoms with Gasteiger partial charge in [-0.15, -0.1) is 0 Å². The first-order valence-corrected chi connectivity index (χ1v) is 4.18. The molecule has 0 heterocycles. The smallest absolute Gasteiger partial charge is 0.437 e. The summed E-state index contributed by atoms with van der Waals surface area (Å²) in [5.41, 5.74) is 0. The van der Waals surface area contributed by atoms with E-state index in [2.05, 4.69) is 16.1 Å². The molecule has 0 N–H and O–H groups in total. The van der Waals surface area contributed by atoms with Gasteiger partial charge in [-0.2, -0.15) is 26.3 Å². The van der Waals surface area contributed by atoms with Gasteiger partial charge in [0.2, 0.25) is 0 Å². The Morgan fingerprint density at radius 3 is 1.94 bits per heavy atom. The second kappa shape index (κ2) is 4.94. The molecule has 16 heavy (non-hydrogen) atoms. The second-order valence-electron chi connectivity index (χ2n) is 2.74. The minimum absolute atomic E-state index is 0.00930. The molecule has 1 unspecified atom stereocenters. The van der Waals surface area contributed by atoms with Crippen molar-refractivity contribution in [3.05, 3.63) is 12.8 Å². The van der Waals surface area contributed by atoms with E-state index in [1.165, 1.54) is 6.92 Å². The van der Waals surface area contributed by atoms with Crippen molar-refractivity contribution < 1.29 is 35.8 Å². The average Bonchev–Trinajstić information content (AvgIpc) is 2.11. The van der Waals surface area contributed by atoms with Crippen molar-refractivity contribution in [1.82, 2.24) is 0 Å². The molecule has 0 fully saturated rings. The Morgan fingerprint density at radius 2 is 1.62 bits per heavy atom. The van der Waals surface area contributed by atoms with E-state index in [0.717, 1.165) is 0 Å². The van der Waals surface area contributed by atoms with Crippen molar-refractivity contribution in [2.24, 2.45) is 0 Å². The quantitative estimate of drug-likeness (QED) is 0.533. The molecule has 0 radical (unpaired) electrons. The van der Waals surface area contributed by atoms with Gasteiger partial charge in [-0.3, -0.25) is 0 Å². The summed E-state index contributed by atoms with van der Waals surface area (Å²) in [5, 5.41) is 0. The van der Waals surface area contributed by atoms with E-state index in [1.54, 1.807) is 0 Å². The summed E-state index contributed by atoms with van der Waals surface area (Å²) >= 11 is 0. The fourth-order valence-corrected chi connectivity index (χ4v) is 0.754. The molecule has 0 aromatic heterocycles. The molecule has 0 aromatic rings. The van der Waals surface area contributed by atoms with Crippen molar-refractivity contribution >= 4 is 0 Å².